The predicted molar refractivity (Wildman–Crippen MR) is 53.4 cm³/mol. The summed E-state index contributed by atoms with van der Waals surface area (Å²) in [6, 6.07) is 6.54. The Morgan fingerprint density at radius 1 is 1.50 bits per heavy atom. The summed E-state index contributed by atoms with van der Waals surface area (Å²) < 4.78 is 0. The van der Waals surface area contributed by atoms with E-state index in [0.29, 0.717) is 18.5 Å². The van der Waals surface area contributed by atoms with Gasteiger partial charge in [-0.15, -0.1) is 0 Å². The quantitative estimate of drug-likeness (QED) is 0.652. The molecule has 0 saturated heterocycles. The second kappa shape index (κ2) is 4.61. The lowest BCUT2D eigenvalue weighted by atomic mass is 10.0. The number of hydrogen-bond acceptors (Lipinski definition) is 4. The number of nitrogens with two attached hydrogens (primary N) is 2. The van der Waals surface area contributed by atoms with Gasteiger partial charge in [-0.1, -0.05) is 12.1 Å². The minimum absolute atomic E-state index is 0.0315. The number of hydrogen-bond donors (Lipinski definition) is 3. The Morgan fingerprint density at radius 2 is 2.21 bits per heavy atom. The number of para-hydroxylation sites is 1. The van der Waals surface area contributed by atoms with Gasteiger partial charge in [0.2, 0.25) is 0 Å². The second-order valence-electron chi connectivity index (χ2n) is 3.04. The van der Waals surface area contributed by atoms with Gasteiger partial charge in [-0.25, -0.2) is 0 Å². The molecule has 0 aromatic heterocycles. The maximum atomic E-state index is 9.64. The Hall–Kier alpha value is -1.57. The van der Waals surface area contributed by atoms with Crippen LogP contribution < -0.4 is 11.5 Å². The highest BCUT2D eigenvalue weighted by Gasteiger charge is 2.12. The number of benzene rings is 1. The van der Waals surface area contributed by atoms with Crippen LogP contribution >= 0.6 is 0 Å². The molecule has 74 valence electrons. The molecule has 0 aliphatic heterocycles. The monoisotopic (exact) mass is 191 g/mol. The van der Waals surface area contributed by atoms with Crippen LogP contribution in [0.15, 0.2) is 18.2 Å². The van der Waals surface area contributed by atoms with Crippen LogP contribution in [0.4, 0.5) is 0 Å². The molecule has 1 atom stereocenters. The molecule has 1 aromatic carbocycles. The minimum atomic E-state index is -0.312. The fourth-order valence-electron chi connectivity index (χ4n) is 1.29. The number of nitrogens with zero attached hydrogens (tertiary/aromatic N) is 1. The molecule has 0 fully saturated rings. The van der Waals surface area contributed by atoms with Gasteiger partial charge in [0.25, 0.3) is 0 Å². The fraction of sp³-hybridized carbons (Fsp3) is 0.300. The lowest BCUT2D eigenvalue weighted by Gasteiger charge is -2.12. The molecule has 0 aliphatic carbocycles. The molecule has 4 nitrogen and oxygen atoms in total. The molecule has 0 spiro atoms. The van der Waals surface area contributed by atoms with Gasteiger partial charge < -0.3 is 16.6 Å². The van der Waals surface area contributed by atoms with Crippen LogP contribution in [0.1, 0.15) is 23.6 Å². The van der Waals surface area contributed by atoms with Gasteiger partial charge >= 0.3 is 0 Å². The number of nitriles is 1. The topological polar surface area (TPSA) is 96.1 Å². The van der Waals surface area contributed by atoms with Crippen LogP contribution in [0.2, 0.25) is 0 Å². The van der Waals surface area contributed by atoms with Crippen LogP contribution in [-0.2, 0) is 0 Å². The summed E-state index contributed by atoms with van der Waals surface area (Å²) >= 11 is 0. The SMILES string of the molecule is N#Cc1cccc([C@@H](N)CCN)c1O. The molecule has 0 saturated carbocycles. The minimum Gasteiger partial charge on any atom is -0.506 e. The van der Waals surface area contributed by atoms with Crippen molar-refractivity contribution in [3.63, 3.8) is 0 Å². The van der Waals surface area contributed by atoms with Gasteiger partial charge in [-0.2, -0.15) is 5.26 Å². The number of phenols is 1. The molecule has 14 heavy (non-hydrogen) atoms. The van der Waals surface area contributed by atoms with Gasteiger partial charge in [0.05, 0.1) is 5.56 Å². The summed E-state index contributed by atoms with van der Waals surface area (Å²) in [5.41, 5.74) is 12.0. The standard InChI is InChI=1S/C10H13N3O/c11-5-4-9(13)8-3-1-2-7(6-12)10(8)14/h1-3,9,14H,4-5,11,13H2/t9-/m0/s1. The van der Waals surface area contributed by atoms with E-state index in [1.54, 1.807) is 18.2 Å². The lowest BCUT2D eigenvalue weighted by Crippen LogP contribution is -2.15. The summed E-state index contributed by atoms with van der Waals surface area (Å²) in [6.07, 6.45) is 0.586. The summed E-state index contributed by atoms with van der Waals surface area (Å²) in [7, 11) is 0. The van der Waals surface area contributed by atoms with Crippen molar-refractivity contribution in [3.05, 3.63) is 29.3 Å². The van der Waals surface area contributed by atoms with Crippen LogP contribution in [0.5, 0.6) is 5.75 Å². The van der Waals surface area contributed by atoms with Gasteiger partial charge in [-0.05, 0) is 19.0 Å². The summed E-state index contributed by atoms with van der Waals surface area (Å²) in [5.74, 6) is -0.0315. The normalized spacial score (nSPS) is 12.1. The van der Waals surface area contributed by atoms with E-state index in [9.17, 15) is 5.11 Å². The first-order valence-corrected chi connectivity index (χ1v) is 4.38. The fourth-order valence-corrected chi connectivity index (χ4v) is 1.29. The van der Waals surface area contributed by atoms with E-state index in [2.05, 4.69) is 0 Å². The molecule has 1 rings (SSSR count). The molecule has 0 bridgehead atoms. The number of phenolic OH excluding ortho intramolecular Hbond substituents is 1. The Morgan fingerprint density at radius 3 is 2.79 bits per heavy atom. The van der Waals surface area contributed by atoms with Crippen molar-refractivity contribution < 1.29 is 5.11 Å². The van der Waals surface area contributed by atoms with E-state index in [0.717, 1.165) is 0 Å². The van der Waals surface area contributed by atoms with Gasteiger partial charge in [0.1, 0.15) is 11.8 Å². The maximum Gasteiger partial charge on any atom is 0.138 e. The highest BCUT2D eigenvalue weighted by atomic mass is 16.3. The number of rotatable bonds is 3. The molecule has 0 heterocycles. The zero-order valence-corrected chi connectivity index (χ0v) is 7.77. The summed E-state index contributed by atoms with van der Waals surface area (Å²) in [4.78, 5) is 0. The summed E-state index contributed by atoms with van der Waals surface area (Å²) in [6.45, 7) is 0.456. The average Bonchev–Trinajstić information content (AvgIpc) is 2.18. The van der Waals surface area contributed by atoms with Crippen LogP contribution in [-0.4, -0.2) is 11.7 Å². The first-order valence-electron chi connectivity index (χ1n) is 4.38. The van der Waals surface area contributed by atoms with Crippen molar-refractivity contribution in [2.24, 2.45) is 11.5 Å². The first-order chi connectivity index (χ1) is 6.70. The molecule has 5 N–H and O–H groups in total. The van der Waals surface area contributed by atoms with Crippen molar-refractivity contribution in [1.29, 1.82) is 5.26 Å². The molecule has 0 radical (unpaired) electrons. The molecule has 0 amide bonds. The molecule has 1 aromatic rings. The third kappa shape index (κ3) is 2.02. The smallest absolute Gasteiger partial charge is 0.138 e. The zero-order chi connectivity index (χ0) is 10.6. The van der Waals surface area contributed by atoms with Gasteiger partial charge in [0.15, 0.2) is 0 Å². The molecule has 0 aliphatic rings. The molecular formula is C10H13N3O. The van der Waals surface area contributed by atoms with E-state index >= 15 is 0 Å². The highest BCUT2D eigenvalue weighted by molar-refractivity contribution is 5.48. The van der Waals surface area contributed by atoms with Crippen molar-refractivity contribution in [1.82, 2.24) is 0 Å². The van der Waals surface area contributed by atoms with E-state index < -0.39 is 0 Å². The van der Waals surface area contributed by atoms with Crippen LogP contribution in [0.25, 0.3) is 0 Å². The maximum absolute atomic E-state index is 9.64. The number of aromatic hydroxyl groups is 1. The van der Waals surface area contributed by atoms with Crippen molar-refractivity contribution in [2.45, 2.75) is 12.5 Å². The summed E-state index contributed by atoms with van der Waals surface area (Å²) in [5, 5.41) is 18.3. The largest absolute Gasteiger partial charge is 0.506 e. The molecule has 0 unspecified atom stereocenters. The second-order valence-corrected chi connectivity index (χ2v) is 3.04. The Kier molecular flexibility index (Phi) is 3.46. The van der Waals surface area contributed by atoms with Crippen molar-refractivity contribution in [2.75, 3.05) is 6.54 Å². The Balaban J connectivity index is 3.04. The van der Waals surface area contributed by atoms with E-state index in [1.807, 2.05) is 6.07 Å². The predicted octanol–water partition coefficient (Wildman–Crippen LogP) is 0.612. The Bertz CT molecular complexity index is 357. The van der Waals surface area contributed by atoms with Crippen molar-refractivity contribution >= 4 is 0 Å². The van der Waals surface area contributed by atoms with E-state index in [1.165, 1.54) is 0 Å². The highest BCUT2D eigenvalue weighted by Crippen LogP contribution is 2.27. The van der Waals surface area contributed by atoms with Gasteiger partial charge in [0, 0.05) is 11.6 Å². The van der Waals surface area contributed by atoms with E-state index in [4.69, 9.17) is 16.7 Å². The zero-order valence-electron chi connectivity index (χ0n) is 7.77. The Labute approximate surface area is 82.8 Å². The van der Waals surface area contributed by atoms with Crippen LogP contribution in [0.3, 0.4) is 0 Å². The lowest BCUT2D eigenvalue weighted by molar-refractivity contribution is 0.457. The average molecular weight is 191 g/mol. The first kappa shape index (κ1) is 10.5. The van der Waals surface area contributed by atoms with Crippen LogP contribution in [0, 0.1) is 11.3 Å². The third-order valence-corrected chi connectivity index (χ3v) is 2.06. The van der Waals surface area contributed by atoms with Gasteiger partial charge in [-0.3, -0.25) is 0 Å². The van der Waals surface area contributed by atoms with Crippen molar-refractivity contribution in [3.8, 4) is 11.8 Å². The molecular weight excluding hydrogens is 178 g/mol. The van der Waals surface area contributed by atoms with E-state index in [-0.39, 0.29) is 17.4 Å². The third-order valence-electron chi connectivity index (χ3n) is 2.06. The molecule has 4 heteroatoms.